The zero-order valence-corrected chi connectivity index (χ0v) is 18.1. The number of fused-ring (bicyclic) bond motifs is 1. The molecule has 0 bridgehead atoms. The first kappa shape index (κ1) is 21.2. The predicted octanol–water partition coefficient (Wildman–Crippen LogP) is 5.90. The first-order valence-corrected chi connectivity index (χ1v) is 10.4. The van der Waals surface area contributed by atoms with E-state index in [-0.39, 0.29) is 5.57 Å². The summed E-state index contributed by atoms with van der Waals surface area (Å²) in [6.07, 6.45) is 3.55. The van der Waals surface area contributed by atoms with Crippen molar-refractivity contribution in [2.45, 2.75) is 6.54 Å². The second kappa shape index (κ2) is 9.42. The maximum absolute atomic E-state index is 12.8. The number of benzene rings is 3. The van der Waals surface area contributed by atoms with Crippen molar-refractivity contribution in [1.82, 2.24) is 4.57 Å². The fourth-order valence-corrected chi connectivity index (χ4v) is 3.73. The molecule has 0 saturated heterocycles. The van der Waals surface area contributed by atoms with Crippen LogP contribution in [0.15, 0.2) is 84.6 Å². The standard InChI is InChI=1S/C26H20ClN3O2/c1-32-22-9-6-8-21(14-22)29-26(31)19(15-28)13-20-17-30(25-12-5-3-10-23(20)25)16-18-7-2-4-11-24(18)27/h2-14,17H,16H2,1H3,(H,29,31). The minimum atomic E-state index is -0.483. The van der Waals surface area contributed by atoms with E-state index >= 15 is 0 Å². The number of amides is 1. The number of hydrogen-bond donors (Lipinski definition) is 1. The van der Waals surface area contributed by atoms with E-state index in [4.69, 9.17) is 16.3 Å². The molecule has 0 aliphatic heterocycles. The number of nitrogens with zero attached hydrogens (tertiary/aromatic N) is 2. The van der Waals surface area contributed by atoms with Crippen LogP contribution in [0.2, 0.25) is 5.02 Å². The molecule has 0 saturated carbocycles. The Morgan fingerprint density at radius 1 is 1.12 bits per heavy atom. The summed E-state index contributed by atoms with van der Waals surface area (Å²) in [5.74, 6) is 0.136. The highest BCUT2D eigenvalue weighted by molar-refractivity contribution is 6.31. The number of halogens is 1. The van der Waals surface area contributed by atoms with Crippen molar-refractivity contribution in [2.75, 3.05) is 12.4 Å². The molecule has 1 amide bonds. The van der Waals surface area contributed by atoms with Crippen LogP contribution in [0.5, 0.6) is 5.75 Å². The molecule has 3 aromatic carbocycles. The number of anilines is 1. The number of nitriles is 1. The molecule has 0 unspecified atom stereocenters. The van der Waals surface area contributed by atoms with Crippen molar-refractivity contribution in [3.05, 3.63) is 101 Å². The third-order valence-corrected chi connectivity index (χ3v) is 5.48. The minimum Gasteiger partial charge on any atom is -0.497 e. The zero-order chi connectivity index (χ0) is 22.5. The molecular formula is C26H20ClN3O2. The highest BCUT2D eigenvalue weighted by Gasteiger charge is 2.14. The van der Waals surface area contributed by atoms with Gasteiger partial charge >= 0.3 is 0 Å². The second-order valence-electron chi connectivity index (χ2n) is 7.18. The first-order chi connectivity index (χ1) is 15.6. The van der Waals surface area contributed by atoms with E-state index in [1.807, 2.05) is 60.8 Å². The highest BCUT2D eigenvalue weighted by Crippen LogP contribution is 2.26. The highest BCUT2D eigenvalue weighted by atomic mass is 35.5. The van der Waals surface area contributed by atoms with Crippen molar-refractivity contribution < 1.29 is 9.53 Å². The van der Waals surface area contributed by atoms with E-state index in [9.17, 15) is 10.1 Å². The van der Waals surface area contributed by atoms with Gasteiger partial charge in [0.05, 0.1) is 7.11 Å². The Kier molecular flexibility index (Phi) is 6.25. The summed E-state index contributed by atoms with van der Waals surface area (Å²) in [7, 11) is 1.56. The van der Waals surface area contributed by atoms with Crippen molar-refractivity contribution >= 4 is 40.2 Å². The Bertz CT molecular complexity index is 1370. The summed E-state index contributed by atoms with van der Waals surface area (Å²) in [4.78, 5) is 12.8. The van der Waals surface area contributed by atoms with Gasteiger partial charge in [0.2, 0.25) is 0 Å². The first-order valence-electron chi connectivity index (χ1n) is 9.97. The topological polar surface area (TPSA) is 67.0 Å². The smallest absolute Gasteiger partial charge is 0.266 e. The van der Waals surface area contributed by atoms with E-state index in [2.05, 4.69) is 9.88 Å². The van der Waals surface area contributed by atoms with Crippen molar-refractivity contribution in [3.63, 3.8) is 0 Å². The Hall–Kier alpha value is -4.01. The van der Waals surface area contributed by atoms with Crippen LogP contribution in [-0.2, 0) is 11.3 Å². The number of methoxy groups -OCH3 is 1. The molecule has 4 aromatic rings. The van der Waals surface area contributed by atoms with E-state index < -0.39 is 5.91 Å². The summed E-state index contributed by atoms with van der Waals surface area (Å²) in [6.45, 7) is 0.575. The number of aromatic nitrogens is 1. The van der Waals surface area contributed by atoms with Gasteiger partial charge in [-0.2, -0.15) is 5.26 Å². The second-order valence-corrected chi connectivity index (χ2v) is 7.58. The molecule has 0 fully saturated rings. The van der Waals surface area contributed by atoms with Crippen LogP contribution in [0.3, 0.4) is 0 Å². The fraction of sp³-hybridized carbons (Fsp3) is 0.0769. The number of para-hydroxylation sites is 1. The molecule has 6 heteroatoms. The molecular weight excluding hydrogens is 422 g/mol. The van der Waals surface area contributed by atoms with Crippen LogP contribution in [0.25, 0.3) is 17.0 Å². The van der Waals surface area contributed by atoms with Gasteiger partial charge in [-0.1, -0.05) is 54.1 Å². The van der Waals surface area contributed by atoms with Gasteiger partial charge in [-0.05, 0) is 35.9 Å². The fourth-order valence-electron chi connectivity index (χ4n) is 3.53. The number of nitrogens with one attached hydrogen (secondary N) is 1. The maximum atomic E-state index is 12.8. The van der Waals surface area contributed by atoms with Crippen LogP contribution < -0.4 is 10.1 Å². The molecule has 1 N–H and O–H groups in total. The molecule has 4 rings (SSSR count). The SMILES string of the molecule is COc1cccc(NC(=O)C(C#N)=Cc2cn(Cc3ccccc3Cl)c3ccccc23)c1. The lowest BCUT2D eigenvalue weighted by atomic mass is 10.1. The Balaban J connectivity index is 1.68. The van der Waals surface area contributed by atoms with E-state index in [0.29, 0.717) is 23.0 Å². The van der Waals surface area contributed by atoms with Crippen LogP contribution >= 0.6 is 11.6 Å². The van der Waals surface area contributed by atoms with Gasteiger partial charge in [0.15, 0.2) is 0 Å². The molecule has 1 heterocycles. The van der Waals surface area contributed by atoms with Gasteiger partial charge in [-0.25, -0.2) is 0 Å². The zero-order valence-electron chi connectivity index (χ0n) is 17.4. The molecule has 0 atom stereocenters. The van der Waals surface area contributed by atoms with Gasteiger partial charge in [-0.3, -0.25) is 4.79 Å². The largest absolute Gasteiger partial charge is 0.497 e. The van der Waals surface area contributed by atoms with Gasteiger partial charge in [0.25, 0.3) is 5.91 Å². The molecule has 158 valence electrons. The molecule has 5 nitrogen and oxygen atoms in total. The van der Waals surface area contributed by atoms with Gasteiger partial charge < -0.3 is 14.6 Å². The van der Waals surface area contributed by atoms with Gasteiger partial charge in [0.1, 0.15) is 17.4 Å². The van der Waals surface area contributed by atoms with Crippen LogP contribution in [0, 0.1) is 11.3 Å². The molecule has 0 aliphatic rings. The molecule has 0 spiro atoms. The summed E-state index contributed by atoms with van der Waals surface area (Å²) >= 11 is 6.35. The Labute approximate surface area is 191 Å². The van der Waals surface area contributed by atoms with Crippen LogP contribution in [0.4, 0.5) is 5.69 Å². The quantitative estimate of drug-likeness (QED) is 0.299. The number of carbonyl (C=O) groups excluding carboxylic acids is 1. The summed E-state index contributed by atoms with van der Waals surface area (Å²) in [6, 6.07) is 24.6. The summed E-state index contributed by atoms with van der Waals surface area (Å²) < 4.78 is 7.25. The predicted molar refractivity (Wildman–Crippen MR) is 128 cm³/mol. The van der Waals surface area contributed by atoms with Crippen molar-refractivity contribution in [3.8, 4) is 11.8 Å². The maximum Gasteiger partial charge on any atom is 0.266 e. The number of ether oxygens (including phenoxy) is 1. The number of rotatable bonds is 6. The average molecular weight is 442 g/mol. The number of carbonyl (C=O) groups is 1. The molecule has 0 aliphatic carbocycles. The van der Waals surface area contributed by atoms with Crippen molar-refractivity contribution in [1.29, 1.82) is 5.26 Å². The molecule has 1 aromatic heterocycles. The lowest BCUT2D eigenvalue weighted by Crippen LogP contribution is -2.13. The third-order valence-electron chi connectivity index (χ3n) is 5.11. The normalized spacial score (nSPS) is 11.2. The van der Waals surface area contributed by atoms with Crippen molar-refractivity contribution in [2.24, 2.45) is 0 Å². The summed E-state index contributed by atoms with van der Waals surface area (Å²) in [5.41, 5.74) is 3.32. The van der Waals surface area contributed by atoms with E-state index in [1.54, 1.807) is 37.5 Å². The molecule has 32 heavy (non-hydrogen) atoms. The monoisotopic (exact) mass is 441 g/mol. The van der Waals surface area contributed by atoms with Crippen LogP contribution in [-0.4, -0.2) is 17.6 Å². The molecule has 0 radical (unpaired) electrons. The lowest BCUT2D eigenvalue weighted by Gasteiger charge is -2.07. The van der Waals surface area contributed by atoms with Gasteiger partial charge in [0, 0.05) is 46.0 Å². The minimum absolute atomic E-state index is 0.00784. The van der Waals surface area contributed by atoms with Crippen LogP contribution in [0.1, 0.15) is 11.1 Å². The Morgan fingerprint density at radius 3 is 2.69 bits per heavy atom. The van der Waals surface area contributed by atoms with Gasteiger partial charge in [-0.15, -0.1) is 0 Å². The Morgan fingerprint density at radius 2 is 1.91 bits per heavy atom. The number of hydrogen-bond acceptors (Lipinski definition) is 3. The van der Waals surface area contributed by atoms with E-state index in [1.165, 1.54) is 0 Å². The average Bonchev–Trinajstić information content (AvgIpc) is 3.16. The third kappa shape index (κ3) is 4.51. The lowest BCUT2D eigenvalue weighted by molar-refractivity contribution is -0.112. The van der Waals surface area contributed by atoms with E-state index in [0.717, 1.165) is 22.0 Å². The summed E-state index contributed by atoms with van der Waals surface area (Å²) in [5, 5.41) is 14.1.